The maximum Gasteiger partial charge on any atom is 0.188 e. The molecule has 0 radical (unpaired) electrons. The zero-order valence-corrected chi connectivity index (χ0v) is 12.1. The topological polar surface area (TPSA) is 58.9 Å². The summed E-state index contributed by atoms with van der Waals surface area (Å²) in [7, 11) is 1.82. The first-order valence-corrected chi connectivity index (χ1v) is 7.34. The van der Waals surface area contributed by atoms with Gasteiger partial charge in [0.2, 0.25) is 0 Å². The molecule has 2 aliphatic rings. The van der Waals surface area contributed by atoms with Gasteiger partial charge in [-0.3, -0.25) is 4.90 Å². The van der Waals surface area contributed by atoms with E-state index in [1.165, 1.54) is 12.8 Å². The van der Waals surface area contributed by atoms with Crippen molar-refractivity contribution in [3.8, 4) is 0 Å². The second-order valence-electron chi connectivity index (χ2n) is 6.29. The fraction of sp³-hybridized carbons (Fsp3) is 0.923. The standard InChI is InChI=1S/C13H24N6/c1-9(2)12-6-14-11(10-4-5-10)7-19(12)8-13-15-17-18(3)16-13/h9-12,14H,4-8H2,1-3H3. The van der Waals surface area contributed by atoms with E-state index in [1.807, 2.05) is 7.05 Å². The third-order valence-electron chi connectivity index (χ3n) is 4.34. The van der Waals surface area contributed by atoms with Gasteiger partial charge in [0.25, 0.3) is 0 Å². The molecule has 6 nitrogen and oxygen atoms in total. The first-order chi connectivity index (χ1) is 9.13. The Kier molecular flexibility index (Phi) is 3.54. The van der Waals surface area contributed by atoms with Gasteiger partial charge in [0, 0.05) is 25.2 Å². The van der Waals surface area contributed by atoms with E-state index in [0.717, 1.165) is 31.4 Å². The number of tetrazole rings is 1. The summed E-state index contributed by atoms with van der Waals surface area (Å²) < 4.78 is 0. The molecular weight excluding hydrogens is 240 g/mol. The molecule has 3 rings (SSSR count). The molecule has 2 heterocycles. The van der Waals surface area contributed by atoms with Crippen molar-refractivity contribution in [3.63, 3.8) is 0 Å². The van der Waals surface area contributed by atoms with Gasteiger partial charge in [-0.1, -0.05) is 13.8 Å². The van der Waals surface area contributed by atoms with Gasteiger partial charge in [-0.15, -0.1) is 10.2 Å². The largest absolute Gasteiger partial charge is 0.311 e. The van der Waals surface area contributed by atoms with Crippen LogP contribution < -0.4 is 5.32 Å². The molecule has 2 atom stereocenters. The van der Waals surface area contributed by atoms with Crippen molar-refractivity contribution in [1.82, 2.24) is 30.4 Å². The summed E-state index contributed by atoms with van der Waals surface area (Å²) in [5, 5.41) is 16.1. The highest BCUT2D eigenvalue weighted by Gasteiger charge is 2.38. The number of piperazine rings is 1. The Morgan fingerprint density at radius 1 is 1.37 bits per heavy atom. The van der Waals surface area contributed by atoms with Crippen molar-refractivity contribution in [2.75, 3.05) is 13.1 Å². The molecule has 6 heteroatoms. The second-order valence-corrected chi connectivity index (χ2v) is 6.29. The number of hydrogen-bond acceptors (Lipinski definition) is 5. The smallest absolute Gasteiger partial charge is 0.188 e. The fourth-order valence-electron chi connectivity index (χ4n) is 3.08. The Hall–Kier alpha value is -1.01. The molecular formula is C13H24N6. The van der Waals surface area contributed by atoms with Crippen LogP contribution >= 0.6 is 0 Å². The Labute approximate surface area is 114 Å². The molecule has 0 amide bonds. The summed E-state index contributed by atoms with van der Waals surface area (Å²) in [5.41, 5.74) is 0. The second kappa shape index (κ2) is 5.17. The zero-order chi connectivity index (χ0) is 13.4. The van der Waals surface area contributed by atoms with Crippen molar-refractivity contribution in [2.45, 2.75) is 45.3 Å². The van der Waals surface area contributed by atoms with Crippen molar-refractivity contribution >= 4 is 0 Å². The van der Waals surface area contributed by atoms with Gasteiger partial charge in [0.1, 0.15) is 0 Å². The molecule has 19 heavy (non-hydrogen) atoms. The average molecular weight is 264 g/mol. The van der Waals surface area contributed by atoms with Crippen molar-refractivity contribution in [3.05, 3.63) is 5.82 Å². The Morgan fingerprint density at radius 2 is 2.16 bits per heavy atom. The van der Waals surface area contributed by atoms with Gasteiger partial charge in [-0.25, -0.2) is 0 Å². The quantitative estimate of drug-likeness (QED) is 0.854. The van der Waals surface area contributed by atoms with Crippen LogP contribution in [0, 0.1) is 11.8 Å². The molecule has 1 aliphatic carbocycles. The molecule has 2 fully saturated rings. The van der Waals surface area contributed by atoms with Gasteiger partial charge in [-0.05, 0) is 29.9 Å². The van der Waals surface area contributed by atoms with Crippen LogP contribution in [-0.2, 0) is 13.6 Å². The molecule has 1 N–H and O–H groups in total. The summed E-state index contributed by atoms with van der Waals surface area (Å²) in [6, 6.07) is 1.23. The molecule has 2 unspecified atom stereocenters. The first kappa shape index (κ1) is 13.0. The monoisotopic (exact) mass is 264 g/mol. The average Bonchev–Trinajstić information content (AvgIpc) is 3.14. The third kappa shape index (κ3) is 2.95. The Morgan fingerprint density at radius 3 is 2.74 bits per heavy atom. The maximum absolute atomic E-state index is 4.32. The van der Waals surface area contributed by atoms with Gasteiger partial charge >= 0.3 is 0 Å². The lowest BCUT2D eigenvalue weighted by Crippen LogP contribution is -2.58. The predicted octanol–water partition coefficient (Wildman–Crippen LogP) is 0.419. The minimum Gasteiger partial charge on any atom is -0.311 e. The first-order valence-electron chi connectivity index (χ1n) is 7.34. The lowest BCUT2D eigenvalue weighted by molar-refractivity contribution is 0.0826. The molecule has 1 saturated heterocycles. The van der Waals surface area contributed by atoms with E-state index in [9.17, 15) is 0 Å². The van der Waals surface area contributed by atoms with Gasteiger partial charge in [-0.2, -0.15) is 4.80 Å². The highest BCUT2D eigenvalue weighted by molar-refractivity contribution is 4.96. The SMILES string of the molecule is CC(C)C1CNC(C2CC2)CN1Cc1nnn(C)n1. The van der Waals surface area contributed by atoms with Gasteiger partial charge < -0.3 is 5.32 Å². The third-order valence-corrected chi connectivity index (χ3v) is 4.34. The van der Waals surface area contributed by atoms with Crippen LogP contribution in [0.3, 0.4) is 0 Å². The van der Waals surface area contributed by atoms with E-state index in [1.54, 1.807) is 4.80 Å². The van der Waals surface area contributed by atoms with E-state index in [2.05, 4.69) is 39.5 Å². The van der Waals surface area contributed by atoms with Crippen molar-refractivity contribution < 1.29 is 0 Å². The molecule has 0 spiro atoms. The van der Waals surface area contributed by atoms with E-state index in [4.69, 9.17) is 0 Å². The van der Waals surface area contributed by atoms with E-state index in [0.29, 0.717) is 18.0 Å². The highest BCUT2D eigenvalue weighted by atomic mass is 15.6. The molecule has 0 aromatic carbocycles. The zero-order valence-electron chi connectivity index (χ0n) is 12.1. The van der Waals surface area contributed by atoms with Crippen LogP contribution in [0.2, 0.25) is 0 Å². The van der Waals surface area contributed by atoms with E-state index < -0.39 is 0 Å². The van der Waals surface area contributed by atoms with Gasteiger partial charge in [0.05, 0.1) is 13.6 Å². The summed E-state index contributed by atoms with van der Waals surface area (Å²) in [5.74, 6) is 2.37. The lowest BCUT2D eigenvalue weighted by atomic mass is 9.97. The molecule has 1 aliphatic heterocycles. The lowest BCUT2D eigenvalue weighted by Gasteiger charge is -2.42. The normalized spacial score (nSPS) is 29.1. The molecule has 1 saturated carbocycles. The molecule has 0 bridgehead atoms. The van der Waals surface area contributed by atoms with E-state index >= 15 is 0 Å². The summed E-state index contributed by atoms with van der Waals surface area (Å²) in [6.07, 6.45) is 2.78. The molecule has 106 valence electrons. The highest BCUT2D eigenvalue weighted by Crippen LogP contribution is 2.35. The van der Waals surface area contributed by atoms with Crippen LogP contribution in [0.15, 0.2) is 0 Å². The molecule has 1 aromatic heterocycles. The Balaban J connectivity index is 1.69. The number of aromatic nitrogens is 4. The van der Waals surface area contributed by atoms with Gasteiger partial charge in [0.15, 0.2) is 5.82 Å². The summed E-state index contributed by atoms with van der Waals surface area (Å²) >= 11 is 0. The predicted molar refractivity (Wildman–Crippen MR) is 72.3 cm³/mol. The minimum absolute atomic E-state index is 0.568. The summed E-state index contributed by atoms with van der Waals surface area (Å²) in [4.78, 5) is 4.08. The number of aryl methyl sites for hydroxylation is 1. The number of nitrogens with one attached hydrogen (secondary N) is 1. The van der Waals surface area contributed by atoms with Crippen LogP contribution in [0.1, 0.15) is 32.5 Å². The van der Waals surface area contributed by atoms with E-state index in [-0.39, 0.29) is 0 Å². The van der Waals surface area contributed by atoms with Crippen LogP contribution in [0.5, 0.6) is 0 Å². The van der Waals surface area contributed by atoms with Crippen LogP contribution in [-0.4, -0.2) is 50.3 Å². The molecule has 1 aromatic rings. The number of rotatable bonds is 4. The number of nitrogens with zero attached hydrogens (tertiary/aromatic N) is 5. The maximum atomic E-state index is 4.32. The number of hydrogen-bond donors (Lipinski definition) is 1. The van der Waals surface area contributed by atoms with Crippen LogP contribution in [0.25, 0.3) is 0 Å². The summed E-state index contributed by atoms with van der Waals surface area (Å²) in [6.45, 7) is 7.61. The van der Waals surface area contributed by atoms with Crippen molar-refractivity contribution in [1.29, 1.82) is 0 Å². The fourth-order valence-corrected chi connectivity index (χ4v) is 3.08. The Bertz CT molecular complexity index is 425. The van der Waals surface area contributed by atoms with Crippen LogP contribution in [0.4, 0.5) is 0 Å². The van der Waals surface area contributed by atoms with Crippen molar-refractivity contribution in [2.24, 2.45) is 18.9 Å². The minimum atomic E-state index is 0.568.